The van der Waals surface area contributed by atoms with Crippen LogP contribution in [-0.4, -0.2) is 14.9 Å². The highest BCUT2D eigenvalue weighted by atomic mass is 35.5. The van der Waals surface area contributed by atoms with Crippen LogP contribution in [-0.2, 0) is 0 Å². The number of hydrogen-bond acceptors (Lipinski definition) is 2. The van der Waals surface area contributed by atoms with Crippen LogP contribution in [0.25, 0.3) is 5.69 Å². The fourth-order valence-corrected chi connectivity index (χ4v) is 1.47. The van der Waals surface area contributed by atoms with Gasteiger partial charge in [-0.25, -0.2) is 4.68 Å². The zero-order valence-corrected chi connectivity index (χ0v) is 8.36. The molecule has 0 radical (unpaired) electrons. The van der Waals surface area contributed by atoms with E-state index in [-0.39, 0.29) is 5.75 Å². The third-order valence-corrected chi connectivity index (χ3v) is 2.17. The maximum Gasteiger partial charge on any atom is 0.115 e. The molecule has 14 heavy (non-hydrogen) atoms. The van der Waals surface area contributed by atoms with E-state index >= 15 is 0 Å². The van der Waals surface area contributed by atoms with E-state index in [0.29, 0.717) is 5.02 Å². The summed E-state index contributed by atoms with van der Waals surface area (Å²) >= 11 is 5.76. The third-order valence-electron chi connectivity index (χ3n) is 1.98. The fourth-order valence-electron chi connectivity index (χ4n) is 1.33. The second-order valence-electron chi connectivity index (χ2n) is 3.07. The molecule has 0 saturated carbocycles. The zero-order chi connectivity index (χ0) is 10.1. The van der Waals surface area contributed by atoms with E-state index < -0.39 is 0 Å². The highest BCUT2D eigenvalue weighted by molar-refractivity contribution is 6.30. The second kappa shape index (κ2) is 3.35. The Morgan fingerprint density at radius 1 is 1.43 bits per heavy atom. The Labute approximate surface area is 86.6 Å². The van der Waals surface area contributed by atoms with Crippen LogP contribution in [0.4, 0.5) is 0 Å². The zero-order valence-electron chi connectivity index (χ0n) is 7.61. The van der Waals surface area contributed by atoms with Crippen molar-refractivity contribution in [2.24, 2.45) is 0 Å². The van der Waals surface area contributed by atoms with E-state index in [1.165, 1.54) is 0 Å². The van der Waals surface area contributed by atoms with Crippen molar-refractivity contribution in [1.82, 2.24) is 9.78 Å². The minimum Gasteiger partial charge on any atom is -0.508 e. The Hall–Kier alpha value is -1.48. The summed E-state index contributed by atoms with van der Waals surface area (Å²) in [6, 6.07) is 5.11. The van der Waals surface area contributed by atoms with Crippen LogP contribution in [0.15, 0.2) is 30.6 Å². The lowest BCUT2D eigenvalue weighted by Crippen LogP contribution is -1.96. The average molecular weight is 209 g/mol. The fraction of sp³-hybridized carbons (Fsp3) is 0.100. The van der Waals surface area contributed by atoms with Crippen LogP contribution in [0.1, 0.15) is 5.56 Å². The number of aryl methyl sites for hydroxylation is 1. The Bertz CT molecular complexity index is 465. The molecule has 1 N–H and O–H groups in total. The largest absolute Gasteiger partial charge is 0.508 e. The Balaban J connectivity index is 2.52. The van der Waals surface area contributed by atoms with Gasteiger partial charge in [-0.15, -0.1) is 0 Å². The van der Waals surface area contributed by atoms with Crippen molar-refractivity contribution >= 4 is 11.6 Å². The summed E-state index contributed by atoms with van der Waals surface area (Å²) in [5.41, 5.74) is 1.86. The van der Waals surface area contributed by atoms with Crippen molar-refractivity contribution in [3.63, 3.8) is 0 Å². The summed E-state index contributed by atoms with van der Waals surface area (Å²) in [4.78, 5) is 0. The lowest BCUT2D eigenvalue weighted by molar-refractivity contribution is 0.474. The molecule has 72 valence electrons. The molecule has 1 heterocycles. The Morgan fingerprint density at radius 3 is 2.79 bits per heavy atom. The predicted octanol–water partition coefficient (Wildman–Crippen LogP) is 2.54. The third kappa shape index (κ3) is 1.59. The minimum absolute atomic E-state index is 0.254. The predicted molar refractivity (Wildman–Crippen MR) is 55.0 cm³/mol. The number of benzene rings is 1. The molecular formula is C10H9ClN2O. The van der Waals surface area contributed by atoms with Gasteiger partial charge in [0.25, 0.3) is 0 Å². The molecule has 0 saturated heterocycles. The standard InChI is InChI=1S/C10H9ClN2O/c1-7-4-9(14)2-3-10(7)13-6-8(11)5-12-13/h2-6,14H,1H3. The van der Waals surface area contributed by atoms with Gasteiger partial charge in [0.05, 0.1) is 16.9 Å². The first-order valence-corrected chi connectivity index (χ1v) is 4.55. The number of rotatable bonds is 1. The summed E-state index contributed by atoms with van der Waals surface area (Å²) in [6.07, 6.45) is 3.30. The molecule has 1 aromatic heterocycles. The van der Waals surface area contributed by atoms with Gasteiger partial charge in [0.15, 0.2) is 0 Å². The maximum atomic E-state index is 9.23. The SMILES string of the molecule is Cc1cc(O)ccc1-n1cc(Cl)cn1. The van der Waals surface area contributed by atoms with Crippen molar-refractivity contribution < 1.29 is 5.11 Å². The van der Waals surface area contributed by atoms with E-state index in [9.17, 15) is 5.11 Å². The molecule has 2 rings (SSSR count). The Morgan fingerprint density at radius 2 is 2.21 bits per heavy atom. The number of hydrogen-bond donors (Lipinski definition) is 1. The normalized spacial score (nSPS) is 10.4. The number of aromatic nitrogens is 2. The summed E-state index contributed by atoms with van der Waals surface area (Å²) in [6.45, 7) is 1.91. The molecule has 0 aliphatic heterocycles. The first-order chi connectivity index (χ1) is 6.66. The van der Waals surface area contributed by atoms with Gasteiger partial charge in [0.2, 0.25) is 0 Å². The number of halogens is 1. The molecular weight excluding hydrogens is 200 g/mol. The molecule has 3 nitrogen and oxygen atoms in total. The Kier molecular flexibility index (Phi) is 2.17. The van der Waals surface area contributed by atoms with Crippen molar-refractivity contribution in [3.8, 4) is 11.4 Å². The lowest BCUT2D eigenvalue weighted by atomic mass is 10.2. The van der Waals surface area contributed by atoms with Crippen molar-refractivity contribution in [1.29, 1.82) is 0 Å². The summed E-state index contributed by atoms with van der Waals surface area (Å²) < 4.78 is 1.68. The topological polar surface area (TPSA) is 38.0 Å². The summed E-state index contributed by atoms with van der Waals surface area (Å²) in [5, 5.41) is 13.9. The lowest BCUT2D eigenvalue weighted by Gasteiger charge is -2.05. The first kappa shape index (κ1) is 9.09. The molecule has 0 amide bonds. The number of nitrogens with zero attached hydrogens (tertiary/aromatic N) is 2. The van der Waals surface area contributed by atoms with Crippen molar-refractivity contribution in [2.75, 3.05) is 0 Å². The van der Waals surface area contributed by atoms with E-state index in [4.69, 9.17) is 11.6 Å². The van der Waals surface area contributed by atoms with E-state index in [2.05, 4.69) is 5.10 Å². The smallest absolute Gasteiger partial charge is 0.115 e. The monoisotopic (exact) mass is 208 g/mol. The van der Waals surface area contributed by atoms with Crippen molar-refractivity contribution in [2.45, 2.75) is 6.92 Å². The maximum absolute atomic E-state index is 9.23. The second-order valence-corrected chi connectivity index (χ2v) is 3.51. The van der Waals surface area contributed by atoms with Crippen LogP contribution in [0, 0.1) is 6.92 Å². The average Bonchev–Trinajstić information content (AvgIpc) is 2.51. The van der Waals surface area contributed by atoms with Gasteiger partial charge in [-0.2, -0.15) is 5.10 Å². The molecule has 0 unspecified atom stereocenters. The summed E-state index contributed by atoms with van der Waals surface area (Å²) in [5.74, 6) is 0.254. The van der Waals surface area contributed by atoms with Gasteiger partial charge in [-0.3, -0.25) is 0 Å². The molecule has 4 heteroatoms. The molecule has 2 aromatic rings. The van der Waals surface area contributed by atoms with E-state index in [0.717, 1.165) is 11.3 Å². The van der Waals surface area contributed by atoms with Crippen molar-refractivity contribution in [3.05, 3.63) is 41.2 Å². The summed E-state index contributed by atoms with van der Waals surface area (Å²) in [7, 11) is 0. The molecule has 0 atom stereocenters. The highest BCUT2D eigenvalue weighted by Crippen LogP contribution is 2.19. The van der Waals surface area contributed by atoms with Crippen LogP contribution >= 0.6 is 11.6 Å². The van der Waals surface area contributed by atoms with Gasteiger partial charge in [0.1, 0.15) is 5.75 Å². The van der Waals surface area contributed by atoms with Crippen LogP contribution < -0.4 is 0 Å². The van der Waals surface area contributed by atoms with Gasteiger partial charge in [0, 0.05) is 6.20 Å². The minimum atomic E-state index is 0.254. The van der Waals surface area contributed by atoms with Crippen LogP contribution in [0.5, 0.6) is 5.75 Å². The number of phenolic OH excluding ortho intramolecular Hbond substituents is 1. The molecule has 0 aliphatic carbocycles. The number of aromatic hydroxyl groups is 1. The van der Waals surface area contributed by atoms with Gasteiger partial charge in [-0.1, -0.05) is 11.6 Å². The molecule has 0 aliphatic rings. The highest BCUT2D eigenvalue weighted by Gasteiger charge is 2.03. The van der Waals surface area contributed by atoms with E-state index in [1.54, 1.807) is 35.3 Å². The molecule has 0 spiro atoms. The molecule has 0 bridgehead atoms. The number of phenols is 1. The van der Waals surface area contributed by atoms with E-state index in [1.807, 2.05) is 6.92 Å². The van der Waals surface area contributed by atoms with Crippen LogP contribution in [0.2, 0.25) is 5.02 Å². The molecule has 0 fully saturated rings. The first-order valence-electron chi connectivity index (χ1n) is 4.17. The van der Waals surface area contributed by atoms with Gasteiger partial charge >= 0.3 is 0 Å². The quantitative estimate of drug-likeness (QED) is 0.782. The van der Waals surface area contributed by atoms with Gasteiger partial charge < -0.3 is 5.11 Å². The van der Waals surface area contributed by atoms with Crippen LogP contribution in [0.3, 0.4) is 0 Å². The molecule has 1 aromatic carbocycles. The van der Waals surface area contributed by atoms with Gasteiger partial charge in [-0.05, 0) is 30.7 Å².